The summed E-state index contributed by atoms with van der Waals surface area (Å²) in [5.74, 6) is 0. The molecule has 2 nitrogen and oxygen atoms in total. The summed E-state index contributed by atoms with van der Waals surface area (Å²) < 4.78 is 39.4. The number of benzene rings is 1. The molecule has 1 aromatic heterocycles. The summed E-state index contributed by atoms with van der Waals surface area (Å²) in [5.41, 5.74) is 1.53. The van der Waals surface area contributed by atoms with E-state index in [1.807, 2.05) is 0 Å². The Bertz CT molecular complexity index is 634. The van der Waals surface area contributed by atoms with E-state index in [1.54, 1.807) is 27.2 Å². The van der Waals surface area contributed by atoms with Gasteiger partial charge in [0.1, 0.15) is 0 Å². The molecule has 105 valence electrons. The van der Waals surface area contributed by atoms with Gasteiger partial charge in [0.15, 0.2) is 0 Å². The Kier molecular flexibility index (Phi) is 3.79. The lowest BCUT2D eigenvalue weighted by atomic mass is 9.98. The number of aryl methyl sites for hydroxylation is 2. The van der Waals surface area contributed by atoms with Crippen LogP contribution in [-0.2, 0) is 6.18 Å². The smallest absolute Gasteiger partial charge is 0.255 e. The molecular formula is C15H14F3N2. The quantitative estimate of drug-likeness (QED) is 0.816. The number of alkyl halides is 3. The van der Waals surface area contributed by atoms with E-state index in [4.69, 9.17) is 0 Å². The summed E-state index contributed by atoms with van der Waals surface area (Å²) in [5, 5.41) is 0. The molecule has 2 aromatic rings. The highest BCUT2D eigenvalue weighted by atomic mass is 19.4. The second-order valence-electron chi connectivity index (χ2n) is 4.54. The van der Waals surface area contributed by atoms with E-state index in [2.05, 4.69) is 9.97 Å². The van der Waals surface area contributed by atoms with Crippen LogP contribution in [0.2, 0.25) is 0 Å². The fourth-order valence-corrected chi connectivity index (χ4v) is 2.05. The summed E-state index contributed by atoms with van der Waals surface area (Å²) in [6.45, 7) is 5.20. The van der Waals surface area contributed by atoms with Crippen molar-refractivity contribution in [2.45, 2.75) is 26.9 Å². The van der Waals surface area contributed by atoms with Crippen LogP contribution in [0.25, 0.3) is 11.3 Å². The monoisotopic (exact) mass is 279 g/mol. The normalized spacial score (nSPS) is 11.7. The molecule has 0 aliphatic carbocycles. The molecule has 0 saturated carbocycles. The van der Waals surface area contributed by atoms with E-state index in [-0.39, 0.29) is 11.3 Å². The lowest BCUT2D eigenvalue weighted by molar-refractivity contribution is -0.137. The molecule has 0 unspecified atom stereocenters. The number of hydrogen-bond donors (Lipinski definition) is 0. The van der Waals surface area contributed by atoms with Crippen molar-refractivity contribution in [1.29, 1.82) is 0 Å². The minimum Gasteiger partial charge on any atom is -0.255 e. The topological polar surface area (TPSA) is 25.8 Å². The average molecular weight is 279 g/mol. The van der Waals surface area contributed by atoms with Gasteiger partial charge < -0.3 is 0 Å². The molecule has 2 rings (SSSR count). The molecule has 1 aromatic carbocycles. The second-order valence-corrected chi connectivity index (χ2v) is 4.54. The van der Waals surface area contributed by atoms with Gasteiger partial charge in [-0.15, -0.1) is 0 Å². The highest BCUT2D eigenvalue weighted by Crippen LogP contribution is 2.37. The van der Waals surface area contributed by atoms with E-state index < -0.39 is 11.7 Å². The van der Waals surface area contributed by atoms with Gasteiger partial charge in [-0.1, -0.05) is 13.0 Å². The van der Waals surface area contributed by atoms with Crippen LogP contribution in [0.4, 0.5) is 13.2 Å². The van der Waals surface area contributed by atoms with Crippen molar-refractivity contribution >= 4 is 0 Å². The van der Waals surface area contributed by atoms with Crippen LogP contribution in [0.15, 0.2) is 24.4 Å². The minimum atomic E-state index is -4.42. The first-order valence-corrected chi connectivity index (χ1v) is 6.14. The molecule has 0 N–H and O–H groups in total. The van der Waals surface area contributed by atoms with Crippen molar-refractivity contribution in [1.82, 2.24) is 9.97 Å². The Labute approximate surface area is 115 Å². The molecule has 20 heavy (non-hydrogen) atoms. The second kappa shape index (κ2) is 5.23. The van der Waals surface area contributed by atoms with Gasteiger partial charge in [-0.3, -0.25) is 9.97 Å². The van der Waals surface area contributed by atoms with Crippen LogP contribution in [0, 0.1) is 20.3 Å². The SMILES string of the molecule is C[CH]c1ccc(C(F)(F)F)c(-c2ncc(C)nc2C)c1. The van der Waals surface area contributed by atoms with Crippen LogP contribution in [0.3, 0.4) is 0 Å². The Balaban J connectivity index is 2.70. The highest BCUT2D eigenvalue weighted by molar-refractivity contribution is 5.67. The molecule has 0 saturated heterocycles. The van der Waals surface area contributed by atoms with Crippen LogP contribution in [0.1, 0.15) is 29.4 Å². The number of hydrogen-bond acceptors (Lipinski definition) is 2. The predicted molar refractivity (Wildman–Crippen MR) is 71.0 cm³/mol. The fourth-order valence-electron chi connectivity index (χ4n) is 2.05. The van der Waals surface area contributed by atoms with Gasteiger partial charge in [0.2, 0.25) is 0 Å². The third-order valence-electron chi connectivity index (χ3n) is 3.00. The van der Waals surface area contributed by atoms with E-state index >= 15 is 0 Å². The first-order valence-electron chi connectivity index (χ1n) is 6.14. The maximum absolute atomic E-state index is 13.1. The third kappa shape index (κ3) is 2.81. The van der Waals surface area contributed by atoms with Crippen molar-refractivity contribution < 1.29 is 13.2 Å². The van der Waals surface area contributed by atoms with Crippen LogP contribution in [-0.4, -0.2) is 9.97 Å². The Morgan fingerprint density at radius 1 is 1.15 bits per heavy atom. The molecule has 0 spiro atoms. The van der Waals surface area contributed by atoms with Crippen molar-refractivity contribution in [2.75, 3.05) is 0 Å². The molecule has 1 heterocycles. The van der Waals surface area contributed by atoms with Gasteiger partial charge in [-0.05, 0) is 38.0 Å². The average Bonchev–Trinajstić information content (AvgIpc) is 2.37. The molecule has 0 aliphatic heterocycles. The fraction of sp³-hybridized carbons (Fsp3) is 0.267. The van der Waals surface area contributed by atoms with Gasteiger partial charge in [0.25, 0.3) is 0 Å². The van der Waals surface area contributed by atoms with Crippen LogP contribution >= 0.6 is 0 Å². The molecule has 0 fully saturated rings. The zero-order valence-corrected chi connectivity index (χ0v) is 11.4. The van der Waals surface area contributed by atoms with Gasteiger partial charge in [0.05, 0.1) is 22.6 Å². The Morgan fingerprint density at radius 2 is 1.85 bits per heavy atom. The zero-order valence-electron chi connectivity index (χ0n) is 11.4. The predicted octanol–water partition coefficient (Wildman–Crippen LogP) is 4.35. The summed E-state index contributed by atoms with van der Waals surface area (Å²) in [7, 11) is 0. The van der Waals surface area contributed by atoms with Crippen LogP contribution < -0.4 is 0 Å². The van der Waals surface area contributed by atoms with Gasteiger partial charge in [-0.25, -0.2) is 0 Å². The van der Waals surface area contributed by atoms with Crippen LogP contribution in [0.5, 0.6) is 0 Å². The molecule has 5 heteroatoms. The number of rotatable bonds is 2. The standard InChI is InChI=1S/C15H14F3N2/c1-4-11-5-6-13(15(16,17)18)12(7-11)14-10(3)20-9(2)8-19-14/h4-8H,1-3H3. The van der Waals surface area contributed by atoms with E-state index in [0.29, 0.717) is 11.4 Å². The summed E-state index contributed by atoms with van der Waals surface area (Å²) in [6, 6.07) is 4.03. The van der Waals surface area contributed by atoms with E-state index in [0.717, 1.165) is 11.6 Å². The van der Waals surface area contributed by atoms with E-state index in [1.165, 1.54) is 18.3 Å². The lowest BCUT2D eigenvalue weighted by Gasteiger charge is -2.15. The third-order valence-corrected chi connectivity index (χ3v) is 3.00. The summed E-state index contributed by atoms with van der Waals surface area (Å²) in [6.07, 6.45) is -1.19. The van der Waals surface area contributed by atoms with Crippen molar-refractivity contribution in [3.63, 3.8) is 0 Å². The summed E-state index contributed by atoms with van der Waals surface area (Å²) >= 11 is 0. The molecule has 1 radical (unpaired) electrons. The Hall–Kier alpha value is -1.91. The maximum Gasteiger partial charge on any atom is 0.417 e. The first kappa shape index (κ1) is 14.5. The van der Waals surface area contributed by atoms with Gasteiger partial charge in [0, 0.05) is 11.8 Å². The van der Waals surface area contributed by atoms with E-state index in [9.17, 15) is 13.2 Å². The Morgan fingerprint density at radius 3 is 2.40 bits per heavy atom. The number of halogens is 3. The molecule has 0 amide bonds. The van der Waals surface area contributed by atoms with Crippen molar-refractivity contribution in [3.8, 4) is 11.3 Å². The molecule has 0 aliphatic rings. The minimum absolute atomic E-state index is 0.0677. The van der Waals surface area contributed by atoms with Crippen molar-refractivity contribution in [2.24, 2.45) is 0 Å². The highest BCUT2D eigenvalue weighted by Gasteiger charge is 2.34. The lowest BCUT2D eigenvalue weighted by Crippen LogP contribution is -2.09. The summed E-state index contributed by atoms with van der Waals surface area (Å²) in [4.78, 5) is 8.31. The molecular weight excluding hydrogens is 265 g/mol. The largest absolute Gasteiger partial charge is 0.417 e. The van der Waals surface area contributed by atoms with Crippen molar-refractivity contribution in [3.05, 3.63) is 53.3 Å². The molecule has 0 bridgehead atoms. The first-order chi connectivity index (χ1) is 9.32. The molecule has 0 atom stereocenters. The number of aromatic nitrogens is 2. The zero-order chi connectivity index (χ0) is 14.9. The maximum atomic E-state index is 13.1. The van der Waals surface area contributed by atoms with Gasteiger partial charge in [-0.2, -0.15) is 13.2 Å². The van der Waals surface area contributed by atoms with Gasteiger partial charge >= 0.3 is 6.18 Å². The number of nitrogens with zero attached hydrogens (tertiary/aromatic N) is 2.